The van der Waals surface area contributed by atoms with Gasteiger partial charge in [-0.25, -0.2) is 0 Å². The topological polar surface area (TPSA) is 45.1 Å². The maximum absolute atomic E-state index is 10.1. The van der Waals surface area contributed by atoms with Crippen molar-refractivity contribution in [3.05, 3.63) is 78.0 Å². The summed E-state index contributed by atoms with van der Waals surface area (Å²) in [6.45, 7) is 1.22. The van der Waals surface area contributed by atoms with Crippen LogP contribution < -0.4 is 5.32 Å². The first kappa shape index (κ1) is 13.7. The van der Waals surface area contributed by atoms with Crippen molar-refractivity contribution < 1.29 is 5.11 Å². The van der Waals surface area contributed by atoms with Gasteiger partial charge in [0.1, 0.15) is 0 Å². The van der Waals surface area contributed by atoms with Crippen LogP contribution in [-0.2, 0) is 6.54 Å². The zero-order valence-corrected chi connectivity index (χ0v) is 11.7. The third-order valence-electron chi connectivity index (χ3n) is 3.50. The van der Waals surface area contributed by atoms with Gasteiger partial charge < -0.3 is 10.4 Å². The van der Waals surface area contributed by atoms with Crippen LogP contribution in [0, 0.1) is 0 Å². The number of aliphatic hydroxyl groups is 1. The van der Waals surface area contributed by atoms with Crippen LogP contribution in [-0.4, -0.2) is 16.6 Å². The second kappa shape index (κ2) is 6.48. The minimum absolute atomic E-state index is 0.486. The molecule has 3 rings (SSSR count). The number of aliphatic hydroxyl groups excluding tert-OH is 1. The first-order valence-corrected chi connectivity index (χ1v) is 7.10. The molecule has 0 saturated heterocycles. The number of benzene rings is 2. The van der Waals surface area contributed by atoms with Crippen LogP contribution >= 0.6 is 0 Å². The highest BCUT2D eigenvalue weighted by Crippen LogP contribution is 2.13. The van der Waals surface area contributed by atoms with E-state index in [4.69, 9.17) is 0 Å². The van der Waals surface area contributed by atoms with Crippen molar-refractivity contribution in [2.45, 2.75) is 12.6 Å². The van der Waals surface area contributed by atoms with E-state index in [1.807, 2.05) is 54.7 Å². The minimum Gasteiger partial charge on any atom is -0.387 e. The molecule has 3 nitrogen and oxygen atoms in total. The Balaban J connectivity index is 1.59. The van der Waals surface area contributed by atoms with E-state index in [0.29, 0.717) is 13.1 Å². The molecule has 0 saturated carbocycles. The molecule has 21 heavy (non-hydrogen) atoms. The molecule has 1 aromatic heterocycles. The fraction of sp³-hybridized carbons (Fsp3) is 0.167. The molecule has 2 N–H and O–H groups in total. The Bertz CT molecular complexity index is 712. The van der Waals surface area contributed by atoms with Crippen molar-refractivity contribution in [3.63, 3.8) is 0 Å². The Morgan fingerprint density at radius 3 is 2.62 bits per heavy atom. The number of rotatable bonds is 5. The summed E-state index contributed by atoms with van der Waals surface area (Å²) in [6, 6.07) is 19.9. The highest BCUT2D eigenvalue weighted by molar-refractivity contribution is 5.78. The monoisotopic (exact) mass is 278 g/mol. The Morgan fingerprint density at radius 1 is 1.00 bits per heavy atom. The van der Waals surface area contributed by atoms with Gasteiger partial charge in [0, 0.05) is 24.7 Å². The molecular weight excluding hydrogens is 260 g/mol. The molecule has 3 aromatic rings. The van der Waals surface area contributed by atoms with Crippen LogP contribution in [0.4, 0.5) is 0 Å². The summed E-state index contributed by atoms with van der Waals surface area (Å²) in [7, 11) is 0. The molecule has 0 radical (unpaired) electrons. The lowest BCUT2D eigenvalue weighted by atomic mass is 10.1. The normalized spacial score (nSPS) is 12.4. The van der Waals surface area contributed by atoms with E-state index in [9.17, 15) is 5.11 Å². The second-order valence-electron chi connectivity index (χ2n) is 5.09. The van der Waals surface area contributed by atoms with E-state index < -0.39 is 6.10 Å². The molecule has 1 heterocycles. The lowest BCUT2D eigenvalue weighted by Crippen LogP contribution is -2.21. The molecule has 0 spiro atoms. The molecule has 0 fully saturated rings. The molecule has 2 aromatic carbocycles. The van der Waals surface area contributed by atoms with Crippen LogP contribution in [0.5, 0.6) is 0 Å². The lowest BCUT2D eigenvalue weighted by Gasteiger charge is -2.12. The number of nitrogens with zero attached hydrogens (tertiary/aromatic N) is 1. The Hall–Kier alpha value is -2.23. The molecule has 0 aliphatic heterocycles. The van der Waals surface area contributed by atoms with E-state index in [2.05, 4.69) is 22.4 Å². The summed E-state index contributed by atoms with van der Waals surface area (Å²) in [5, 5.41) is 14.5. The summed E-state index contributed by atoms with van der Waals surface area (Å²) in [4.78, 5) is 4.43. The summed E-state index contributed by atoms with van der Waals surface area (Å²) in [5.74, 6) is 0. The number of hydrogen-bond donors (Lipinski definition) is 2. The van der Waals surface area contributed by atoms with Gasteiger partial charge in [0.05, 0.1) is 11.6 Å². The predicted molar refractivity (Wildman–Crippen MR) is 84.9 cm³/mol. The van der Waals surface area contributed by atoms with Crippen molar-refractivity contribution in [2.75, 3.05) is 6.54 Å². The van der Waals surface area contributed by atoms with Crippen molar-refractivity contribution in [1.82, 2.24) is 10.3 Å². The number of nitrogens with one attached hydrogen (secondary N) is 1. The molecular formula is C18H18N2O. The molecule has 0 aliphatic carbocycles. The number of hydrogen-bond acceptors (Lipinski definition) is 3. The third kappa shape index (κ3) is 3.45. The summed E-state index contributed by atoms with van der Waals surface area (Å²) < 4.78 is 0. The van der Waals surface area contributed by atoms with Crippen LogP contribution in [0.1, 0.15) is 17.2 Å². The van der Waals surface area contributed by atoms with Crippen LogP contribution in [0.15, 0.2) is 66.9 Å². The van der Waals surface area contributed by atoms with Gasteiger partial charge in [-0.2, -0.15) is 0 Å². The van der Waals surface area contributed by atoms with E-state index in [0.717, 1.165) is 22.0 Å². The molecule has 0 bridgehead atoms. The first-order valence-electron chi connectivity index (χ1n) is 7.10. The van der Waals surface area contributed by atoms with Gasteiger partial charge in [0.2, 0.25) is 0 Å². The molecule has 1 atom stereocenters. The van der Waals surface area contributed by atoms with E-state index in [1.54, 1.807) is 0 Å². The first-order chi connectivity index (χ1) is 10.3. The average Bonchev–Trinajstić information content (AvgIpc) is 2.55. The number of pyridine rings is 1. The van der Waals surface area contributed by atoms with E-state index in [1.165, 1.54) is 0 Å². The van der Waals surface area contributed by atoms with Crippen LogP contribution in [0.2, 0.25) is 0 Å². The Labute approximate surface area is 124 Å². The fourth-order valence-electron chi connectivity index (χ4n) is 2.36. The third-order valence-corrected chi connectivity index (χ3v) is 3.50. The maximum Gasteiger partial charge on any atom is 0.0914 e. The molecule has 106 valence electrons. The summed E-state index contributed by atoms with van der Waals surface area (Å²) >= 11 is 0. The van der Waals surface area contributed by atoms with Gasteiger partial charge in [0.25, 0.3) is 0 Å². The standard InChI is InChI=1S/C18H18N2O/c21-18(15-6-2-1-3-7-15)13-19-11-14-10-16-8-4-5-9-17(16)20-12-14/h1-10,12,18-19,21H,11,13H2/t18-/m1/s1. The highest BCUT2D eigenvalue weighted by atomic mass is 16.3. The zero-order valence-electron chi connectivity index (χ0n) is 11.7. The highest BCUT2D eigenvalue weighted by Gasteiger charge is 2.06. The second-order valence-corrected chi connectivity index (χ2v) is 5.09. The largest absolute Gasteiger partial charge is 0.387 e. The van der Waals surface area contributed by atoms with Crippen molar-refractivity contribution >= 4 is 10.9 Å². The maximum atomic E-state index is 10.1. The van der Waals surface area contributed by atoms with E-state index >= 15 is 0 Å². The number of aromatic nitrogens is 1. The summed E-state index contributed by atoms with van der Waals surface area (Å²) in [5.41, 5.74) is 3.06. The Morgan fingerprint density at radius 2 is 1.76 bits per heavy atom. The van der Waals surface area contributed by atoms with Gasteiger partial charge in [-0.3, -0.25) is 4.98 Å². The van der Waals surface area contributed by atoms with Crippen molar-refractivity contribution in [3.8, 4) is 0 Å². The van der Waals surface area contributed by atoms with Gasteiger partial charge >= 0.3 is 0 Å². The van der Waals surface area contributed by atoms with Crippen LogP contribution in [0.25, 0.3) is 10.9 Å². The lowest BCUT2D eigenvalue weighted by molar-refractivity contribution is 0.174. The Kier molecular flexibility index (Phi) is 4.24. The summed E-state index contributed by atoms with van der Waals surface area (Å²) in [6.07, 6.45) is 1.39. The molecule has 0 unspecified atom stereocenters. The van der Waals surface area contributed by atoms with Crippen molar-refractivity contribution in [2.24, 2.45) is 0 Å². The smallest absolute Gasteiger partial charge is 0.0914 e. The molecule has 3 heteroatoms. The van der Waals surface area contributed by atoms with Crippen molar-refractivity contribution in [1.29, 1.82) is 0 Å². The van der Waals surface area contributed by atoms with Gasteiger partial charge in [-0.1, -0.05) is 48.5 Å². The van der Waals surface area contributed by atoms with Crippen LogP contribution in [0.3, 0.4) is 0 Å². The van der Waals surface area contributed by atoms with Gasteiger partial charge in [-0.15, -0.1) is 0 Å². The molecule has 0 amide bonds. The average molecular weight is 278 g/mol. The van der Waals surface area contributed by atoms with Gasteiger partial charge in [-0.05, 0) is 23.3 Å². The SMILES string of the molecule is O[C@H](CNCc1cnc2ccccc2c1)c1ccccc1. The fourth-order valence-corrected chi connectivity index (χ4v) is 2.36. The number of fused-ring (bicyclic) bond motifs is 1. The zero-order chi connectivity index (χ0) is 14.5. The predicted octanol–water partition coefficient (Wildman–Crippen LogP) is 3.06. The van der Waals surface area contributed by atoms with Gasteiger partial charge in [0.15, 0.2) is 0 Å². The minimum atomic E-state index is -0.486. The van der Waals surface area contributed by atoms with E-state index in [-0.39, 0.29) is 0 Å². The number of para-hydroxylation sites is 1. The quantitative estimate of drug-likeness (QED) is 0.754. The molecule has 0 aliphatic rings.